The highest BCUT2D eigenvalue weighted by Crippen LogP contribution is 2.21. The van der Waals surface area contributed by atoms with E-state index >= 15 is 0 Å². The van der Waals surface area contributed by atoms with Gasteiger partial charge in [0.05, 0.1) is 12.2 Å². The average Bonchev–Trinajstić information content (AvgIpc) is 2.82. The van der Waals surface area contributed by atoms with E-state index in [1.807, 2.05) is 36.0 Å². The summed E-state index contributed by atoms with van der Waals surface area (Å²) >= 11 is 0. The lowest BCUT2D eigenvalue weighted by molar-refractivity contribution is 0.588. The molecule has 0 saturated carbocycles. The maximum atomic E-state index is 11.9. The Morgan fingerprint density at radius 3 is 2.53 bits per heavy atom. The van der Waals surface area contributed by atoms with Gasteiger partial charge in [-0.3, -0.25) is 0 Å². The van der Waals surface area contributed by atoms with Crippen molar-refractivity contribution in [2.24, 2.45) is 7.05 Å². The molecule has 0 unspecified atom stereocenters. The van der Waals surface area contributed by atoms with Gasteiger partial charge in [0.25, 0.3) is 0 Å². The second kappa shape index (κ2) is 5.46. The van der Waals surface area contributed by atoms with Crippen molar-refractivity contribution >= 4 is 15.7 Å². The molecule has 2 rings (SSSR count). The number of sulfonamides is 1. The summed E-state index contributed by atoms with van der Waals surface area (Å²) in [7, 11) is -0.0916. The van der Waals surface area contributed by atoms with Gasteiger partial charge in [-0.2, -0.15) is 0 Å². The molecule has 19 heavy (non-hydrogen) atoms. The summed E-state index contributed by atoms with van der Waals surface area (Å²) in [5.74, 6) is 0. The van der Waals surface area contributed by atoms with Crippen LogP contribution >= 0.6 is 0 Å². The van der Waals surface area contributed by atoms with E-state index in [-0.39, 0.29) is 4.90 Å². The van der Waals surface area contributed by atoms with Crippen molar-refractivity contribution in [1.82, 2.24) is 9.29 Å². The highest BCUT2D eigenvalue weighted by molar-refractivity contribution is 7.89. The number of hydrogen-bond donors (Lipinski definition) is 2. The fraction of sp³-hybridized carbons (Fsp3) is 0.231. The van der Waals surface area contributed by atoms with E-state index in [4.69, 9.17) is 0 Å². The summed E-state index contributed by atoms with van der Waals surface area (Å²) in [6, 6.07) is 10.8. The summed E-state index contributed by atoms with van der Waals surface area (Å²) in [5, 5.41) is 3.16. The van der Waals surface area contributed by atoms with Gasteiger partial charge in [0, 0.05) is 18.9 Å². The van der Waals surface area contributed by atoms with Gasteiger partial charge >= 0.3 is 0 Å². The number of aryl methyl sites for hydroxylation is 1. The van der Waals surface area contributed by atoms with Crippen LogP contribution in [0.3, 0.4) is 0 Å². The van der Waals surface area contributed by atoms with Crippen molar-refractivity contribution in [2.45, 2.75) is 11.4 Å². The molecule has 0 amide bonds. The van der Waals surface area contributed by atoms with Gasteiger partial charge in [-0.25, -0.2) is 13.1 Å². The first-order valence-corrected chi connectivity index (χ1v) is 7.39. The molecule has 0 bridgehead atoms. The van der Waals surface area contributed by atoms with Crippen molar-refractivity contribution in [3.63, 3.8) is 0 Å². The Morgan fingerprint density at radius 1 is 1.16 bits per heavy atom. The molecule has 102 valence electrons. The molecule has 2 aromatic rings. The summed E-state index contributed by atoms with van der Waals surface area (Å²) in [4.78, 5) is 0.256. The topological polar surface area (TPSA) is 63.1 Å². The molecule has 1 aromatic heterocycles. The first-order chi connectivity index (χ1) is 9.04. The first kappa shape index (κ1) is 13.6. The highest BCUT2D eigenvalue weighted by atomic mass is 32.2. The predicted octanol–water partition coefficient (Wildman–Crippen LogP) is 1.55. The van der Waals surface area contributed by atoms with Crippen molar-refractivity contribution in [1.29, 1.82) is 0 Å². The number of benzene rings is 1. The number of rotatable bonds is 5. The molecule has 0 aliphatic rings. The number of hydrogen-bond acceptors (Lipinski definition) is 3. The zero-order chi connectivity index (χ0) is 13.9. The maximum absolute atomic E-state index is 11.9. The normalized spacial score (nSPS) is 11.5. The lowest BCUT2D eigenvalue weighted by Gasteiger charge is -2.12. The molecular weight excluding hydrogens is 262 g/mol. The number of nitrogens with one attached hydrogen (secondary N) is 2. The van der Waals surface area contributed by atoms with Crippen molar-refractivity contribution in [2.75, 3.05) is 12.4 Å². The third-order valence-corrected chi connectivity index (χ3v) is 4.43. The zero-order valence-corrected chi connectivity index (χ0v) is 11.7. The lowest BCUT2D eigenvalue weighted by atomic mass is 10.3. The van der Waals surface area contributed by atoms with Crippen LogP contribution in [-0.2, 0) is 23.6 Å². The van der Waals surface area contributed by atoms with Crippen LogP contribution < -0.4 is 10.0 Å². The Hall–Kier alpha value is -1.79. The third-order valence-electron chi connectivity index (χ3n) is 2.96. The number of aromatic nitrogens is 1. The van der Waals surface area contributed by atoms with Crippen LogP contribution in [0.1, 0.15) is 5.69 Å². The van der Waals surface area contributed by atoms with E-state index in [2.05, 4.69) is 10.0 Å². The largest absolute Gasteiger partial charge is 0.378 e. The van der Waals surface area contributed by atoms with Gasteiger partial charge in [-0.05, 0) is 31.3 Å². The number of para-hydroxylation sites is 1. The Bertz CT molecular complexity index is 662. The molecular formula is C13H17N3O2S. The van der Waals surface area contributed by atoms with Crippen LogP contribution in [0.4, 0.5) is 5.69 Å². The number of nitrogens with zero attached hydrogens (tertiary/aromatic N) is 1. The zero-order valence-electron chi connectivity index (χ0n) is 10.9. The quantitative estimate of drug-likeness (QED) is 0.873. The van der Waals surface area contributed by atoms with Crippen molar-refractivity contribution in [3.05, 3.63) is 48.3 Å². The molecule has 0 atom stereocenters. The molecule has 0 fully saturated rings. The highest BCUT2D eigenvalue weighted by Gasteiger charge is 2.15. The molecule has 6 heteroatoms. The molecule has 1 aromatic carbocycles. The molecule has 0 radical (unpaired) electrons. The van der Waals surface area contributed by atoms with Crippen LogP contribution in [0.15, 0.2) is 47.5 Å². The fourth-order valence-electron chi connectivity index (χ4n) is 1.82. The summed E-state index contributed by atoms with van der Waals surface area (Å²) < 4.78 is 28.1. The maximum Gasteiger partial charge on any atom is 0.242 e. The SMILES string of the molecule is CNS(=O)(=O)c1ccccc1NCc1cccn1C. The smallest absolute Gasteiger partial charge is 0.242 e. The van der Waals surface area contributed by atoms with Gasteiger partial charge in [0.2, 0.25) is 10.0 Å². The molecule has 0 aliphatic carbocycles. The average molecular weight is 279 g/mol. The van der Waals surface area contributed by atoms with Crippen molar-refractivity contribution < 1.29 is 8.42 Å². The standard InChI is InChI=1S/C13H17N3O2S/c1-14-19(17,18)13-8-4-3-7-12(13)15-10-11-6-5-9-16(11)2/h3-9,14-15H,10H2,1-2H3. The van der Waals surface area contributed by atoms with Gasteiger partial charge < -0.3 is 9.88 Å². The number of anilines is 1. The van der Waals surface area contributed by atoms with E-state index in [9.17, 15) is 8.42 Å². The van der Waals surface area contributed by atoms with E-state index in [0.29, 0.717) is 12.2 Å². The Labute approximate surface area is 113 Å². The van der Waals surface area contributed by atoms with E-state index in [1.165, 1.54) is 7.05 Å². The van der Waals surface area contributed by atoms with E-state index in [0.717, 1.165) is 5.69 Å². The van der Waals surface area contributed by atoms with Gasteiger partial charge in [-0.1, -0.05) is 12.1 Å². The Morgan fingerprint density at radius 2 is 1.89 bits per heavy atom. The van der Waals surface area contributed by atoms with E-state index in [1.54, 1.807) is 18.2 Å². The molecule has 0 spiro atoms. The Kier molecular flexibility index (Phi) is 3.92. The van der Waals surface area contributed by atoms with E-state index < -0.39 is 10.0 Å². The van der Waals surface area contributed by atoms with Crippen LogP contribution in [0.5, 0.6) is 0 Å². The van der Waals surface area contributed by atoms with Gasteiger partial charge in [0.15, 0.2) is 0 Å². The summed E-state index contributed by atoms with van der Waals surface area (Å²) in [6.45, 7) is 0.569. The van der Waals surface area contributed by atoms with Gasteiger partial charge in [0.1, 0.15) is 4.90 Å². The second-order valence-electron chi connectivity index (χ2n) is 4.17. The van der Waals surface area contributed by atoms with Crippen LogP contribution in [0.25, 0.3) is 0 Å². The molecule has 0 aliphatic heterocycles. The minimum absolute atomic E-state index is 0.256. The summed E-state index contributed by atoms with van der Waals surface area (Å²) in [5.41, 5.74) is 1.68. The predicted molar refractivity (Wildman–Crippen MR) is 75.4 cm³/mol. The third kappa shape index (κ3) is 2.97. The molecule has 5 nitrogen and oxygen atoms in total. The monoisotopic (exact) mass is 279 g/mol. The van der Waals surface area contributed by atoms with Crippen molar-refractivity contribution in [3.8, 4) is 0 Å². The first-order valence-electron chi connectivity index (χ1n) is 5.91. The molecule has 1 heterocycles. The fourth-order valence-corrected chi connectivity index (χ4v) is 2.73. The second-order valence-corrected chi connectivity index (χ2v) is 6.02. The van der Waals surface area contributed by atoms with Gasteiger partial charge in [-0.15, -0.1) is 0 Å². The Balaban J connectivity index is 2.24. The van der Waals surface area contributed by atoms with Crippen LogP contribution in [0, 0.1) is 0 Å². The van der Waals surface area contributed by atoms with Crippen LogP contribution in [0.2, 0.25) is 0 Å². The summed E-state index contributed by atoms with van der Waals surface area (Å²) in [6.07, 6.45) is 1.95. The minimum Gasteiger partial charge on any atom is -0.378 e. The molecule has 0 saturated heterocycles. The molecule has 2 N–H and O–H groups in total. The lowest BCUT2D eigenvalue weighted by Crippen LogP contribution is -2.20. The van der Waals surface area contributed by atoms with Crippen LogP contribution in [-0.4, -0.2) is 20.0 Å². The minimum atomic E-state index is -3.45.